The van der Waals surface area contributed by atoms with Crippen LogP contribution < -0.4 is 10.1 Å². The predicted molar refractivity (Wildman–Crippen MR) is 68.8 cm³/mol. The van der Waals surface area contributed by atoms with Crippen molar-refractivity contribution >= 4 is 5.91 Å². The van der Waals surface area contributed by atoms with Crippen molar-refractivity contribution in [1.82, 2.24) is 5.32 Å². The van der Waals surface area contributed by atoms with Crippen LogP contribution in [0.2, 0.25) is 0 Å². The van der Waals surface area contributed by atoms with Gasteiger partial charge in [-0.15, -0.1) is 0 Å². The second kappa shape index (κ2) is 4.98. The maximum absolute atomic E-state index is 12.0. The molecule has 0 saturated heterocycles. The SMILES string of the molecule is COc1ccc(C(=O)NCC2(CO)CC2)c(C)c1. The lowest BCUT2D eigenvalue weighted by molar-refractivity contribution is 0.0934. The third kappa shape index (κ3) is 2.64. The van der Waals surface area contributed by atoms with Crippen molar-refractivity contribution in [3.8, 4) is 5.75 Å². The lowest BCUT2D eigenvalue weighted by Crippen LogP contribution is -2.32. The molecule has 0 atom stereocenters. The molecule has 0 unspecified atom stereocenters. The summed E-state index contributed by atoms with van der Waals surface area (Å²) in [6.07, 6.45) is 1.98. The first-order chi connectivity index (χ1) is 8.60. The monoisotopic (exact) mass is 249 g/mol. The summed E-state index contributed by atoms with van der Waals surface area (Å²) in [6.45, 7) is 2.58. The maximum Gasteiger partial charge on any atom is 0.251 e. The zero-order valence-corrected chi connectivity index (χ0v) is 10.8. The van der Waals surface area contributed by atoms with Gasteiger partial charge >= 0.3 is 0 Å². The number of carbonyl (C=O) groups excluding carboxylic acids is 1. The number of rotatable bonds is 5. The summed E-state index contributed by atoms with van der Waals surface area (Å²) in [5.41, 5.74) is 1.49. The molecule has 1 aliphatic rings. The molecular formula is C14H19NO3. The largest absolute Gasteiger partial charge is 0.497 e. The van der Waals surface area contributed by atoms with Crippen LogP contribution in [0.4, 0.5) is 0 Å². The summed E-state index contributed by atoms with van der Waals surface area (Å²) < 4.78 is 5.11. The standard InChI is InChI=1S/C14H19NO3/c1-10-7-11(18-2)3-4-12(10)13(17)15-8-14(9-16)5-6-14/h3-4,7,16H,5-6,8-9H2,1-2H3,(H,15,17). The molecule has 4 nitrogen and oxygen atoms in total. The number of hydrogen-bond donors (Lipinski definition) is 2. The van der Waals surface area contributed by atoms with Crippen molar-refractivity contribution in [3.63, 3.8) is 0 Å². The van der Waals surface area contributed by atoms with E-state index >= 15 is 0 Å². The van der Waals surface area contributed by atoms with Crippen molar-refractivity contribution in [2.24, 2.45) is 5.41 Å². The van der Waals surface area contributed by atoms with Crippen molar-refractivity contribution in [2.45, 2.75) is 19.8 Å². The zero-order valence-electron chi connectivity index (χ0n) is 10.8. The molecule has 1 amide bonds. The number of benzene rings is 1. The summed E-state index contributed by atoms with van der Waals surface area (Å²) in [5.74, 6) is 0.660. The van der Waals surface area contributed by atoms with E-state index < -0.39 is 0 Å². The highest BCUT2D eigenvalue weighted by atomic mass is 16.5. The average molecular weight is 249 g/mol. The van der Waals surface area contributed by atoms with Crippen LogP contribution in [0.25, 0.3) is 0 Å². The predicted octanol–water partition coefficient (Wildman–Crippen LogP) is 1.51. The minimum Gasteiger partial charge on any atom is -0.497 e. The Morgan fingerprint density at radius 2 is 2.22 bits per heavy atom. The molecule has 0 spiro atoms. The van der Waals surface area contributed by atoms with Gasteiger partial charge in [-0.2, -0.15) is 0 Å². The molecule has 0 aromatic heterocycles. The Labute approximate surface area is 107 Å². The third-order valence-corrected chi connectivity index (χ3v) is 3.59. The van der Waals surface area contributed by atoms with Gasteiger partial charge in [0.2, 0.25) is 0 Å². The first-order valence-electron chi connectivity index (χ1n) is 6.14. The summed E-state index contributed by atoms with van der Waals surface area (Å²) in [4.78, 5) is 12.0. The van der Waals surface area contributed by atoms with E-state index in [9.17, 15) is 9.90 Å². The van der Waals surface area contributed by atoms with Gasteiger partial charge < -0.3 is 15.2 Å². The Balaban J connectivity index is 2.00. The molecule has 4 heteroatoms. The van der Waals surface area contributed by atoms with Crippen LogP contribution in [0.15, 0.2) is 18.2 Å². The fourth-order valence-corrected chi connectivity index (χ4v) is 1.95. The van der Waals surface area contributed by atoms with E-state index in [-0.39, 0.29) is 17.9 Å². The van der Waals surface area contributed by atoms with Gasteiger partial charge in [-0.3, -0.25) is 4.79 Å². The Morgan fingerprint density at radius 1 is 1.50 bits per heavy atom. The topological polar surface area (TPSA) is 58.6 Å². The molecule has 0 radical (unpaired) electrons. The molecule has 1 fully saturated rings. The van der Waals surface area contributed by atoms with Gasteiger partial charge in [0.25, 0.3) is 5.91 Å². The summed E-state index contributed by atoms with van der Waals surface area (Å²) in [6, 6.07) is 5.39. The number of ether oxygens (including phenoxy) is 1. The molecule has 18 heavy (non-hydrogen) atoms. The Kier molecular flexibility index (Phi) is 3.57. The van der Waals surface area contributed by atoms with Gasteiger partial charge in [-0.05, 0) is 43.5 Å². The minimum atomic E-state index is -0.0881. The molecule has 1 aromatic carbocycles. The number of amides is 1. The van der Waals surface area contributed by atoms with Gasteiger partial charge in [0.05, 0.1) is 13.7 Å². The van der Waals surface area contributed by atoms with Gasteiger partial charge in [-0.1, -0.05) is 0 Å². The molecule has 1 aliphatic carbocycles. The van der Waals surface area contributed by atoms with Crippen LogP contribution in [0.5, 0.6) is 5.75 Å². The van der Waals surface area contributed by atoms with E-state index in [1.165, 1.54) is 0 Å². The van der Waals surface area contributed by atoms with Crippen molar-refractivity contribution in [1.29, 1.82) is 0 Å². The molecule has 0 bridgehead atoms. The molecule has 2 rings (SSSR count). The van der Waals surface area contributed by atoms with Gasteiger partial charge in [-0.25, -0.2) is 0 Å². The van der Waals surface area contributed by atoms with Crippen LogP contribution in [-0.2, 0) is 0 Å². The highest BCUT2D eigenvalue weighted by Crippen LogP contribution is 2.44. The van der Waals surface area contributed by atoms with Gasteiger partial charge in [0, 0.05) is 17.5 Å². The van der Waals surface area contributed by atoms with Crippen LogP contribution in [0.1, 0.15) is 28.8 Å². The number of aryl methyl sites for hydroxylation is 1. The minimum absolute atomic E-state index is 0.0595. The van der Waals surface area contributed by atoms with Gasteiger partial charge in [0.15, 0.2) is 0 Å². The average Bonchev–Trinajstić information content (AvgIpc) is 3.16. The second-order valence-corrected chi connectivity index (χ2v) is 5.02. The fraction of sp³-hybridized carbons (Fsp3) is 0.500. The van der Waals surface area contributed by atoms with Crippen molar-refractivity contribution in [3.05, 3.63) is 29.3 Å². The van der Waals surface area contributed by atoms with Crippen LogP contribution >= 0.6 is 0 Å². The quantitative estimate of drug-likeness (QED) is 0.831. The molecule has 1 saturated carbocycles. The number of aliphatic hydroxyl groups excluding tert-OH is 1. The van der Waals surface area contributed by atoms with E-state index in [0.29, 0.717) is 12.1 Å². The Bertz CT molecular complexity index is 452. The summed E-state index contributed by atoms with van der Waals surface area (Å²) >= 11 is 0. The van der Waals surface area contributed by atoms with Gasteiger partial charge in [0.1, 0.15) is 5.75 Å². The molecule has 2 N–H and O–H groups in total. The number of aliphatic hydroxyl groups is 1. The molecular weight excluding hydrogens is 230 g/mol. The summed E-state index contributed by atoms with van der Waals surface area (Å²) in [5, 5.41) is 12.1. The molecule has 0 heterocycles. The van der Waals surface area contributed by atoms with E-state index in [1.54, 1.807) is 19.2 Å². The summed E-state index contributed by atoms with van der Waals surface area (Å²) in [7, 11) is 1.60. The second-order valence-electron chi connectivity index (χ2n) is 5.02. The first-order valence-corrected chi connectivity index (χ1v) is 6.14. The van der Waals surface area contributed by atoms with Crippen molar-refractivity contribution < 1.29 is 14.6 Å². The molecule has 1 aromatic rings. The maximum atomic E-state index is 12.0. The zero-order chi connectivity index (χ0) is 13.2. The number of hydrogen-bond acceptors (Lipinski definition) is 3. The normalized spacial score (nSPS) is 16.2. The Hall–Kier alpha value is -1.55. The molecule has 0 aliphatic heterocycles. The fourth-order valence-electron chi connectivity index (χ4n) is 1.95. The lowest BCUT2D eigenvalue weighted by atomic mass is 10.1. The van der Waals surface area contributed by atoms with E-state index in [1.807, 2.05) is 13.0 Å². The number of carbonyl (C=O) groups is 1. The Morgan fingerprint density at radius 3 is 2.72 bits per heavy atom. The smallest absolute Gasteiger partial charge is 0.251 e. The highest BCUT2D eigenvalue weighted by molar-refractivity contribution is 5.95. The van der Waals surface area contributed by atoms with Crippen LogP contribution in [0, 0.1) is 12.3 Å². The first kappa shape index (κ1) is 12.9. The number of nitrogens with one attached hydrogen (secondary N) is 1. The number of methoxy groups -OCH3 is 1. The highest BCUT2D eigenvalue weighted by Gasteiger charge is 2.42. The van der Waals surface area contributed by atoms with Crippen molar-refractivity contribution in [2.75, 3.05) is 20.3 Å². The van der Waals surface area contributed by atoms with Crippen LogP contribution in [0.3, 0.4) is 0 Å². The van der Waals surface area contributed by atoms with E-state index in [2.05, 4.69) is 5.32 Å². The van der Waals surface area contributed by atoms with Crippen LogP contribution in [-0.4, -0.2) is 31.3 Å². The lowest BCUT2D eigenvalue weighted by Gasteiger charge is -2.14. The third-order valence-electron chi connectivity index (χ3n) is 3.59. The van der Waals surface area contributed by atoms with E-state index in [4.69, 9.17) is 4.74 Å². The molecule has 98 valence electrons. The van der Waals surface area contributed by atoms with E-state index in [0.717, 1.165) is 24.2 Å².